The van der Waals surface area contributed by atoms with Gasteiger partial charge in [0.1, 0.15) is 5.82 Å². The summed E-state index contributed by atoms with van der Waals surface area (Å²) in [5.74, 6) is 0.630. The van der Waals surface area contributed by atoms with Gasteiger partial charge in [0.15, 0.2) is 0 Å². The molecule has 2 saturated heterocycles. The van der Waals surface area contributed by atoms with Crippen molar-refractivity contribution in [3.05, 3.63) is 22.9 Å². The Morgan fingerprint density at radius 2 is 2.00 bits per heavy atom. The van der Waals surface area contributed by atoms with Crippen LogP contribution in [0.1, 0.15) is 67.6 Å². The van der Waals surface area contributed by atoms with Gasteiger partial charge in [-0.15, -0.1) is 0 Å². The van der Waals surface area contributed by atoms with Crippen LogP contribution >= 0.6 is 0 Å². The van der Waals surface area contributed by atoms with Crippen molar-refractivity contribution < 1.29 is 9.59 Å². The molecule has 3 heterocycles. The number of nitrogens with two attached hydrogens (primary N) is 1. The van der Waals surface area contributed by atoms with Crippen molar-refractivity contribution in [3.63, 3.8) is 0 Å². The minimum atomic E-state index is -0.394. The lowest BCUT2D eigenvalue weighted by Gasteiger charge is -2.49. The molecule has 2 fully saturated rings. The third-order valence-corrected chi connectivity index (χ3v) is 6.58. The largest absolute Gasteiger partial charge is 0.365 e. The molecule has 1 aliphatic carbocycles. The zero-order valence-electron chi connectivity index (χ0n) is 16.5. The molecule has 0 radical (unpaired) electrons. The van der Waals surface area contributed by atoms with Crippen molar-refractivity contribution in [2.24, 2.45) is 11.1 Å². The Hall–Kier alpha value is -2.11. The number of hydrogen-bond acceptors (Lipinski definition) is 4. The molecular formula is C21H30N4O2. The zero-order valence-corrected chi connectivity index (χ0v) is 16.5. The Bertz CT molecular complexity index is 776. The first kappa shape index (κ1) is 18.3. The van der Waals surface area contributed by atoms with Crippen LogP contribution in [0.15, 0.2) is 6.07 Å². The monoisotopic (exact) mass is 370 g/mol. The molecule has 1 aromatic rings. The number of likely N-dealkylation sites (tertiary alicyclic amines) is 1. The molecule has 1 spiro atoms. The smallest absolute Gasteiger partial charge is 0.252 e. The van der Waals surface area contributed by atoms with Gasteiger partial charge >= 0.3 is 0 Å². The van der Waals surface area contributed by atoms with Crippen LogP contribution in [0.5, 0.6) is 0 Å². The van der Waals surface area contributed by atoms with E-state index < -0.39 is 5.91 Å². The number of carbonyl (C=O) groups excluding carboxylic acids is 2. The summed E-state index contributed by atoms with van der Waals surface area (Å²) in [4.78, 5) is 33.6. The fourth-order valence-corrected chi connectivity index (χ4v) is 5.12. The lowest BCUT2D eigenvalue weighted by molar-refractivity contribution is -0.140. The summed E-state index contributed by atoms with van der Waals surface area (Å²) >= 11 is 0. The Morgan fingerprint density at radius 3 is 2.74 bits per heavy atom. The Balaban J connectivity index is 1.64. The topological polar surface area (TPSA) is 79.5 Å². The normalized spacial score (nSPS) is 25.4. The van der Waals surface area contributed by atoms with Crippen molar-refractivity contribution in [1.29, 1.82) is 0 Å². The van der Waals surface area contributed by atoms with E-state index in [1.165, 1.54) is 5.56 Å². The van der Waals surface area contributed by atoms with Crippen LogP contribution in [0.25, 0.3) is 0 Å². The molecule has 2 amide bonds. The van der Waals surface area contributed by atoms with Crippen LogP contribution in [0.3, 0.4) is 0 Å². The van der Waals surface area contributed by atoms with Gasteiger partial charge in [-0.2, -0.15) is 0 Å². The minimum Gasteiger partial charge on any atom is -0.365 e. The molecular weight excluding hydrogens is 340 g/mol. The van der Waals surface area contributed by atoms with Gasteiger partial charge in [0.2, 0.25) is 5.91 Å². The van der Waals surface area contributed by atoms with Gasteiger partial charge in [-0.3, -0.25) is 9.59 Å². The maximum Gasteiger partial charge on any atom is 0.252 e. The van der Waals surface area contributed by atoms with Crippen LogP contribution in [0.4, 0.5) is 5.82 Å². The number of aromatic nitrogens is 1. The van der Waals surface area contributed by atoms with Gasteiger partial charge in [-0.1, -0.05) is 0 Å². The van der Waals surface area contributed by atoms with E-state index in [4.69, 9.17) is 10.7 Å². The maximum absolute atomic E-state index is 12.3. The molecule has 2 N–H and O–H groups in total. The molecule has 6 heteroatoms. The first-order chi connectivity index (χ1) is 12.9. The maximum atomic E-state index is 12.3. The SMILES string of the molecule is CC(C)N1C[C@]2(CCCN(c3nc4c(cc3C(N)=O)CCC4)C2)CCC1=O. The second-order valence-electron chi connectivity index (χ2n) is 8.82. The Labute approximate surface area is 161 Å². The molecule has 0 unspecified atom stereocenters. The quantitative estimate of drug-likeness (QED) is 0.885. The van der Waals surface area contributed by atoms with E-state index in [0.29, 0.717) is 12.0 Å². The number of hydrogen-bond donors (Lipinski definition) is 1. The van der Waals surface area contributed by atoms with Crippen LogP contribution in [-0.4, -0.2) is 47.4 Å². The summed E-state index contributed by atoms with van der Waals surface area (Å²) < 4.78 is 0. The zero-order chi connectivity index (χ0) is 19.2. The summed E-state index contributed by atoms with van der Waals surface area (Å²) in [5.41, 5.74) is 8.65. The summed E-state index contributed by atoms with van der Waals surface area (Å²) in [7, 11) is 0. The number of aryl methyl sites for hydroxylation is 2. The van der Waals surface area contributed by atoms with Crippen molar-refractivity contribution in [3.8, 4) is 0 Å². The predicted molar refractivity (Wildman–Crippen MR) is 105 cm³/mol. The van der Waals surface area contributed by atoms with Gasteiger partial charge in [0, 0.05) is 43.2 Å². The van der Waals surface area contributed by atoms with E-state index in [1.807, 2.05) is 11.0 Å². The summed E-state index contributed by atoms with van der Waals surface area (Å²) in [5, 5.41) is 0. The molecule has 27 heavy (non-hydrogen) atoms. The van der Waals surface area contributed by atoms with Gasteiger partial charge in [-0.25, -0.2) is 4.98 Å². The molecule has 3 aliphatic rings. The van der Waals surface area contributed by atoms with Gasteiger partial charge in [0.25, 0.3) is 5.91 Å². The third kappa shape index (κ3) is 3.30. The fraction of sp³-hybridized carbons (Fsp3) is 0.667. The highest BCUT2D eigenvalue weighted by Crippen LogP contribution is 2.41. The van der Waals surface area contributed by atoms with Crippen molar-refractivity contribution >= 4 is 17.6 Å². The number of anilines is 1. The van der Waals surface area contributed by atoms with Gasteiger partial charge in [-0.05, 0) is 64.0 Å². The van der Waals surface area contributed by atoms with Crippen molar-refractivity contribution in [2.45, 2.75) is 64.8 Å². The van der Waals surface area contributed by atoms with Gasteiger partial charge in [0.05, 0.1) is 5.56 Å². The van der Waals surface area contributed by atoms with Crippen LogP contribution in [0.2, 0.25) is 0 Å². The van der Waals surface area contributed by atoms with E-state index in [0.717, 1.165) is 69.7 Å². The van der Waals surface area contributed by atoms with E-state index in [-0.39, 0.29) is 17.4 Å². The average Bonchev–Trinajstić information content (AvgIpc) is 3.10. The number of nitrogens with zero attached hydrogens (tertiary/aromatic N) is 3. The molecule has 0 saturated carbocycles. The Morgan fingerprint density at radius 1 is 1.19 bits per heavy atom. The number of amides is 2. The summed E-state index contributed by atoms with van der Waals surface area (Å²) in [6.45, 7) is 6.71. The summed E-state index contributed by atoms with van der Waals surface area (Å²) in [6, 6.07) is 2.20. The first-order valence-corrected chi connectivity index (χ1v) is 10.3. The second-order valence-corrected chi connectivity index (χ2v) is 8.82. The summed E-state index contributed by atoms with van der Waals surface area (Å²) in [6.07, 6.45) is 6.77. The number of piperidine rings is 2. The second kappa shape index (κ2) is 6.80. The van der Waals surface area contributed by atoms with E-state index >= 15 is 0 Å². The number of primary amides is 1. The Kier molecular flexibility index (Phi) is 4.60. The van der Waals surface area contributed by atoms with E-state index in [1.54, 1.807) is 0 Å². The highest BCUT2D eigenvalue weighted by atomic mass is 16.2. The lowest BCUT2D eigenvalue weighted by Crippen LogP contribution is -2.56. The molecule has 0 aromatic carbocycles. The molecule has 0 bridgehead atoms. The van der Waals surface area contributed by atoms with Crippen LogP contribution in [-0.2, 0) is 17.6 Å². The standard InChI is InChI=1S/C21H30N4O2/c1-14(2)25-13-21(9-7-18(25)26)8-4-10-24(12-21)20-16(19(22)27)11-15-5-3-6-17(15)23-20/h11,14H,3-10,12-13H2,1-2H3,(H2,22,27)/t21-/m1/s1. The van der Waals surface area contributed by atoms with Gasteiger partial charge < -0.3 is 15.5 Å². The molecule has 6 nitrogen and oxygen atoms in total. The number of carbonyl (C=O) groups is 2. The molecule has 4 rings (SSSR count). The minimum absolute atomic E-state index is 0.0893. The van der Waals surface area contributed by atoms with Crippen molar-refractivity contribution in [1.82, 2.24) is 9.88 Å². The van der Waals surface area contributed by atoms with Crippen LogP contribution in [0, 0.1) is 5.41 Å². The fourth-order valence-electron chi connectivity index (χ4n) is 5.12. The number of pyridine rings is 1. The molecule has 1 aromatic heterocycles. The lowest BCUT2D eigenvalue weighted by atomic mass is 9.73. The molecule has 2 aliphatic heterocycles. The molecule has 146 valence electrons. The van der Waals surface area contributed by atoms with E-state index in [9.17, 15) is 9.59 Å². The average molecular weight is 370 g/mol. The highest BCUT2D eigenvalue weighted by Gasteiger charge is 2.43. The number of rotatable bonds is 3. The number of fused-ring (bicyclic) bond motifs is 1. The molecule has 1 atom stereocenters. The predicted octanol–water partition coefficient (Wildman–Crippen LogP) is 2.29. The highest BCUT2D eigenvalue weighted by molar-refractivity contribution is 5.98. The first-order valence-electron chi connectivity index (χ1n) is 10.3. The van der Waals surface area contributed by atoms with Crippen molar-refractivity contribution in [2.75, 3.05) is 24.5 Å². The van der Waals surface area contributed by atoms with Crippen LogP contribution < -0.4 is 10.6 Å². The third-order valence-electron chi connectivity index (χ3n) is 6.58. The van der Waals surface area contributed by atoms with E-state index in [2.05, 4.69) is 18.7 Å².